The second kappa shape index (κ2) is 20.7. The van der Waals surface area contributed by atoms with Gasteiger partial charge >= 0.3 is 11.9 Å². The summed E-state index contributed by atoms with van der Waals surface area (Å²) in [5, 5.41) is 31.2. The number of esters is 2. The molecule has 0 aliphatic carbocycles. The average Bonchev–Trinajstić information content (AvgIpc) is 3.25. The number of amides is 3. The van der Waals surface area contributed by atoms with Gasteiger partial charge in [0.25, 0.3) is 5.91 Å². The zero-order chi connectivity index (χ0) is 42.3. The number of methoxy groups -OCH3 is 1. The number of carbonyl (C=O) groups is 5. The molecule has 0 bridgehead atoms. The van der Waals surface area contributed by atoms with Crippen LogP contribution < -0.4 is 16.0 Å². The number of nitrogens with one attached hydrogen (secondary N) is 3. The lowest BCUT2D eigenvalue weighted by molar-refractivity contribution is -0.253. The van der Waals surface area contributed by atoms with Crippen molar-refractivity contribution >= 4 is 29.7 Å². The Bertz CT molecular complexity index is 2180. The van der Waals surface area contributed by atoms with Gasteiger partial charge in [0.15, 0.2) is 18.5 Å². The van der Waals surface area contributed by atoms with Crippen LogP contribution in [0.25, 0.3) is 10.4 Å². The van der Waals surface area contributed by atoms with Crippen LogP contribution in [0.2, 0.25) is 0 Å². The zero-order valence-corrected chi connectivity index (χ0v) is 31.5. The van der Waals surface area contributed by atoms with Crippen LogP contribution in [0.5, 0.6) is 11.5 Å². The van der Waals surface area contributed by atoms with Crippen molar-refractivity contribution in [2.24, 2.45) is 5.11 Å². The maximum Gasteiger partial charge on any atom is 0.338 e. The summed E-state index contributed by atoms with van der Waals surface area (Å²) in [6, 6.07) is 23.3. The molecule has 304 valence electrons. The first-order chi connectivity index (χ1) is 28.5. The van der Waals surface area contributed by atoms with Gasteiger partial charge in [0, 0.05) is 24.9 Å². The van der Waals surface area contributed by atoms with E-state index < -0.39 is 78.9 Å². The van der Waals surface area contributed by atoms with Crippen LogP contribution in [0.4, 0.5) is 0 Å². The average molecular weight is 805 g/mol. The Morgan fingerprint density at radius 3 is 1.73 bits per heavy atom. The number of terminal acetylenes is 1. The van der Waals surface area contributed by atoms with Crippen molar-refractivity contribution in [1.29, 1.82) is 0 Å². The predicted molar refractivity (Wildman–Crippen MR) is 209 cm³/mol. The molecule has 5 rings (SSSR count). The van der Waals surface area contributed by atoms with E-state index in [2.05, 4.69) is 26.0 Å². The van der Waals surface area contributed by atoms with Crippen LogP contribution in [0, 0.1) is 12.3 Å². The van der Waals surface area contributed by atoms with E-state index in [4.69, 9.17) is 25.4 Å². The SMILES string of the molecule is C#CC(=O)N[C@@H](Cc1ccc(O)cc1)C(=O)N[C@@H](Cc1ccc(O)cc1)C(=O)N[C@H]1[C@H](OC)O[C@H](CN=[N+]=[N-])[C@@H](OC(=O)c2ccccc2)[C@@H]1OC(=O)c1ccccc1. The van der Waals surface area contributed by atoms with Gasteiger partial charge in [-0.15, -0.1) is 6.42 Å². The van der Waals surface area contributed by atoms with Crippen molar-refractivity contribution in [1.82, 2.24) is 16.0 Å². The normalized spacial score (nSPS) is 19.3. The molecular formula is C42H40N6O11. The van der Waals surface area contributed by atoms with Gasteiger partial charge in [0.2, 0.25) is 11.8 Å². The van der Waals surface area contributed by atoms with E-state index in [0.717, 1.165) is 0 Å². The molecule has 0 spiro atoms. The molecule has 1 aliphatic rings. The number of azide groups is 1. The van der Waals surface area contributed by atoms with Crippen molar-refractivity contribution in [2.45, 2.75) is 55.6 Å². The molecule has 5 N–H and O–H groups in total. The van der Waals surface area contributed by atoms with Crippen LogP contribution in [0.1, 0.15) is 31.8 Å². The van der Waals surface area contributed by atoms with Crippen molar-refractivity contribution in [2.75, 3.05) is 13.7 Å². The summed E-state index contributed by atoms with van der Waals surface area (Å²) in [7, 11) is 1.25. The maximum atomic E-state index is 14.5. The van der Waals surface area contributed by atoms with Gasteiger partial charge in [-0.3, -0.25) is 14.4 Å². The lowest BCUT2D eigenvalue weighted by Gasteiger charge is -2.45. The molecule has 59 heavy (non-hydrogen) atoms. The van der Waals surface area contributed by atoms with Crippen LogP contribution in [0.3, 0.4) is 0 Å². The molecule has 17 nitrogen and oxygen atoms in total. The second-order valence-electron chi connectivity index (χ2n) is 13.2. The monoisotopic (exact) mass is 804 g/mol. The fourth-order valence-corrected chi connectivity index (χ4v) is 6.23. The molecule has 0 saturated carbocycles. The Labute approximate surface area is 338 Å². The van der Waals surface area contributed by atoms with Crippen LogP contribution in [-0.2, 0) is 46.2 Å². The van der Waals surface area contributed by atoms with Gasteiger partial charge < -0.3 is 45.1 Å². The Morgan fingerprint density at radius 1 is 0.763 bits per heavy atom. The van der Waals surface area contributed by atoms with E-state index >= 15 is 0 Å². The van der Waals surface area contributed by atoms with Gasteiger partial charge in [0.1, 0.15) is 35.7 Å². The van der Waals surface area contributed by atoms with Crippen molar-refractivity contribution in [3.05, 3.63) is 142 Å². The molecule has 1 fully saturated rings. The molecule has 7 atom stereocenters. The maximum absolute atomic E-state index is 14.5. The molecule has 3 amide bonds. The number of hydrogen-bond acceptors (Lipinski definition) is 12. The van der Waals surface area contributed by atoms with Gasteiger partial charge in [-0.2, -0.15) is 0 Å². The van der Waals surface area contributed by atoms with Crippen LogP contribution in [0.15, 0.2) is 114 Å². The highest BCUT2D eigenvalue weighted by Crippen LogP contribution is 2.29. The van der Waals surface area contributed by atoms with Gasteiger partial charge in [-0.25, -0.2) is 9.59 Å². The lowest BCUT2D eigenvalue weighted by atomic mass is 9.94. The van der Waals surface area contributed by atoms with Gasteiger partial charge in [-0.1, -0.05) is 65.8 Å². The Morgan fingerprint density at radius 2 is 1.25 bits per heavy atom. The fourth-order valence-electron chi connectivity index (χ4n) is 6.23. The fraction of sp³-hybridized carbons (Fsp3) is 0.262. The number of ether oxygens (including phenoxy) is 4. The summed E-state index contributed by atoms with van der Waals surface area (Å²) in [6.07, 6.45) is -0.688. The summed E-state index contributed by atoms with van der Waals surface area (Å²) < 4.78 is 23.7. The molecule has 4 aromatic rings. The molecular weight excluding hydrogens is 764 g/mol. The quantitative estimate of drug-likeness (QED) is 0.0362. The first-order valence-electron chi connectivity index (χ1n) is 18.1. The minimum atomic E-state index is -1.56. The summed E-state index contributed by atoms with van der Waals surface area (Å²) >= 11 is 0. The van der Waals surface area contributed by atoms with E-state index in [-0.39, 0.29) is 35.5 Å². The number of phenols is 2. The number of phenolic OH excluding ortho intramolecular Hbond substituents is 2. The summed E-state index contributed by atoms with van der Waals surface area (Å²) in [5.74, 6) is -2.48. The lowest BCUT2D eigenvalue weighted by Crippen LogP contribution is -2.68. The number of nitrogens with zero attached hydrogens (tertiary/aromatic N) is 3. The highest BCUT2D eigenvalue weighted by Gasteiger charge is 2.51. The molecule has 1 heterocycles. The van der Waals surface area contributed by atoms with Crippen LogP contribution >= 0.6 is 0 Å². The molecule has 0 unspecified atom stereocenters. The van der Waals surface area contributed by atoms with E-state index in [1.165, 1.54) is 67.8 Å². The number of benzene rings is 4. The van der Waals surface area contributed by atoms with Gasteiger partial charge in [0.05, 0.1) is 17.7 Å². The molecule has 1 aliphatic heterocycles. The Kier molecular flexibility index (Phi) is 15.0. The highest BCUT2D eigenvalue weighted by molar-refractivity contribution is 5.98. The van der Waals surface area contributed by atoms with E-state index in [9.17, 15) is 39.7 Å². The summed E-state index contributed by atoms with van der Waals surface area (Å²) in [5.41, 5.74) is 10.5. The third-order valence-corrected chi connectivity index (χ3v) is 9.16. The van der Waals surface area contributed by atoms with Gasteiger partial charge in [-0.05, 0) is 71.1 Å². The minimum absolute atomic E-state index is 0.0250. The zero-order valence-electron chi connectivity index (χ0n) is 31.5. The van der Waals surface area contributed by atoms with E-state index in [1.54, 1.807) is 48.5 Å². The first-order valence-corrected chi connectivity index (χ1v) is 18.1. The van der Waals surface area contributed by atoms with E-state index in [1.807, 2.05) is 5.92 Å². The number of hydrogen-bond donors (Lipinski definition) is 5. The number of aromatic hydroxyl groups is 2. The third kappa shape index (κ3) is 11.8. The smallest absolute Gasteiger partial charge is 0.338 e. The molecule has 1 saturated heterocycles. The Hall–Kier alpha value is -7.38. The molecule has 17 heteroatoms. The first kappa shape index (κ1) is 42.8. The molecule has 4 aromatic carbocycles. The van der Waals surface area contributed by atoms with Crippen LogP contribution in [-0.4, -0.2) is 96.3 Å². The topological polar surface area (TPSA) is 248 Å². The summed E-state index contributed by atoms with van der Waals surface area (Å²) in [6.45, 7) is -0.408. The molecule has 0 radical (unpaired) electrons. The highest BCUT2D eigenvalue weighted by atomic mass is 16.7. The third-order valence-electron chi connectivity index (χ3n) is 9.16. The Balaban J connectivity index is 1.52. The van der Waals surface area contributed by atoms with Crippen molar-refractivity contribution < 1.29 is 53.1 Å². The number of rotatable bonds is 16. The predicted octanol–water partition coefficient (Wildman–Crippen LogP) is 3.10. The van der Waals surface area contributed by atoms with E-state index in [0.29, 0.717) is 11.1 Å². The number of carbonyl (C=O) groups excluding carboxylic acids is 5. The largest absolute Gasteiger partial charge is 0.508 e. The van der Waals surface area contributed by atoms with Crippen molar-refractivity contribution in [3.63, 3.8) is 0 Å². The molecule has 0 aromatic heterocycles. The standard InChI is InChI=1S/C42H40N6O11/c1-3-34(51)45-31(22-25-14-18-29(49)19-15-25)38(52)46-32(23-26-16-20-30(50)21-17-26)39(53)47-35-37(59-41(55)28-12-8-5-9-13-28)36(33(24-44-48-43)57-42(35)56-2)58-40(54)27-10-6-4-7-11-27/h1,4-21,31-33,35-37,42,49-50H,22-24H2,2H3,(H,45,51)(H,46,52)(H,47,53)/t31-,32-,33+,35+,36+,37+,42+/m0/s1. The second-order valence-corrected chi connectivity index (χ2v) is 13.2. The minimum Gasteiger partial charge on any atom is -0.508 e. The summed E-state index contributed by atoms with van der Waals surface area (Å²) in [4.78, 5) is 70.9. The van der Waals surface area contributed by atoms with Crippen molar-refractivity contribution in [3.8, 4) is 23.8 Å².